The summed E-state index contributed by atoms with van der Waals surface area (Å²) in [7, 11) is 0. The normalized spacial score (nSPS) is 54.6. The second-order valence-corrected chi connectivity index (χ2v) is 18.7. The molecule has 0 radical (unpaired) electrons. The topological polar surface area (TPSA) is 255 Å². The third kappa shape index (κ3) is 6.71. The van der Waals surface area contributed by atoms with E-state index in [2.05, 4.69) is 13.5 Å². The monoisotopic (exact) mass is 800 g/mol. The van der Waals surface area contributed by atoms with Crippen molar-refractivity contribution in [1.82, 2.24) is 0 Å². The van der Waals surface area contributed by atoms with Crippen molar-refractivity contribution >= 4 is 5.97 Å². The molecule has 7 rings (SSSR count). The van der Waals surface area contributed by atoms with Crippen LogP contribution in [0.2, 0.25) is 0 Å². The largest absolute Gasteiger partial charge is 0.435 e. The van der Waals surface area contributed by atoms with Crippen LogP contribution in [0.4, 0.5) is 0 Å². The van der Waals surface area contributed by atoms with Crippen molar-refractivity contribution in [1.29, 1.82) is 0 Å². The highest BCUT2D eigenvalue weighted by Crippen LogP contribution is 2.73. The predicted molar refractivity (Wildman–Crippen MR) is 193 cm³/mol. The van der Waals surface area contributed by atoms with E-state index < -0.39 is 110 Å². The summed E-state index contributed by atoms with van der Waals surface area (Å²) < 4.78 is 36.6. The molecule has 4 aliphatic carbocycles. The van der Waals surface area contributed by atoms with Crippen LogP contribution in [-0.4, -0.2) is 157 Å². The molecule has 21 atom stereocenters. The first-order valence-electron chi connectivity index (χ1n) is 20.5. The molecule has 320 valence electrons. The molecule has 16 heteroatoms. The molecule has 0 aromatic rings. The van der Waals surface area contributed by atoms with Gasteiger partial charge in [-0.25, -0.2) is 0 Å². The molecule has 3 saturated heterocycles. The SMILES string of the molecule is C=C1C[C@@]23CC[C@@H]4[C@@](C)(CCC[C@@]4(C)C(=O)O[C@@H]4O[C@H](CO)[C@@H](C)[C@H](O)[C@H]4C)[C@@H]2CC[C@@]1(O[C@H]1O[C@H](CO)[C@@H](O)[C@H](O)[C@H]1O[C@@H]1O[C@H](CO)[C@@H](O)[C@H](O)[C@H]1O)C3. The van der Waals surface area contributed by atoms with Crippen molar-refractivity contribution in [2.24, 2.45) is 39.9 Å². The second kappa shape index (κ2) is 15.6. The van der Waals surface area contributed by atoms with Crippen LogP contribution in [0, 0.1) is 39.9 Å². The fraction of sp³-hybridized carbons (Fsp3) is 0.925. The number of aliphatic hydroxyl groups is 9. The Morgan fingerprint density at radius 2 is 1.32 bits per heavy atom. The van der Waals surface area contributed by atoms with Gasteiger partial charge in [-0.15, -0.1) is 0 Å². The lowest BCUT2D eigenvalue weighted by Gasteiger charge is -2.64. The summed E-state index contributed by atoms with van der Waals surface area (Å²) in [4.78, 5) is 14.3. The molecule has 1 spiro atoms. The maximum atomic E-state index is 14.3. The van der Waals surface area contributed by atoms with E-state index in [9.17, 15) is 50.8 Å². The van der Waals surface area contributed by atoms with Gasteiger partial charge in [0.1, 0.15) is 48.8 Å². The lowest BCUT2D eigenvalue weighted by atomic mass is 9.41. The quantitative estimate of drug-likeness (QED) is 0.0818. The van der Waals surface area contributed by atoms with E-state index in [-0.39, 0.29) is 41.2 Å². The van der Waals surface area contributed by atoms with Crippen LogP contribution in [0.25, 0.3) is 0 Å². The molecule has 0 unspecified atom stereocenters. The van der Waals surface area contributed by atoms with E-state index in [4.69, 9.17) is 28.4 Å². The van der Waals surface area contributed by atoms with Gasteiger partial charge in [-0.2, -0.15) is 0 Å². The average molecular weight is 801 g/mol. The number of ether oxygens (including phenoxy) is 6. The van der Waals surface area contributed by atoms with Gasteiger partial charge in [0.15, 0.2) is 12.6 Å². The first kappa shape index (κ1) is 42.8. The Morgan fingerprint density at radius 1 is 0.714 bits per heavy atom. The number of carbonyl (C=O) groups excluding carboxylic acids is 1. The first-order valence-corrected chi connectivity index (χ1v) is 20.5. The van der Waals surface area contributed by atoms with Crippen LogP contribution in [-0.2, 0) is 33.2 Å². The summed E-state index contributed by atoms with van der Waals surface area (Å²) in [6.45, 7) is 10.8. The smallest absolute Gasteiger partial charge is 0.314 e. The van der Waals surface area contributed by atoms with Crippen molar-refractivity contribution in [3.8, 4) is 0 Å². The molecule has 56 heavy (non-hydrogen) atoms. The Hall–Kier alpha value is -1.35. The van der Waals surface area contributed by atoms with Crippen LogP contribution in [0.3, 0.4) is 0 Å². The van der Waals surface area contributed by atoms with Gasteiger partial charge >= 0.3 is 5.97 Å². The van der Waals surface area contributed by atoms with E-state index in [1.54, 1.807) is 6.92 Å². The van der Waals surface area contributed by atoms with Crippen molar-refractivity contribution in [3.63, 3.8) is 0 Å². The van der Waals surface area contributed by atoms with Crippen LogP contribution < -0.4 is 0 Å². The van der Waals surface area contributed by atoms with E-state index >= 15 is 0 Å². The second-order valence-electron chi connectivity index (χ2n) is 18.7. The summed E-state index contributed by atoms with van der Waals surface area (Å²) in [5.74, 6) is -0.911. The first-order chi connectivity index (χ1) is 26.4. The lowest BCUT2D eigenvalue weighted by Crippen LogP contribution is -2.65. The minimum absolute atomic E-state index is 0.00508. The molecule has 2 bridgehead atoms. The molecule has 0 aromatic carbocycles. The van der Waals surface area contributed by atoms with Gasteiger partial charge < -0.3 is 74.4 Å². The standard InChI is InChI=1S/C40H64O16/c1-18-13-39-11-7-24-37(4,9-6-10-38(24,5)36(50)55-33-20(3)26(44)19(2)21(14-41)51-33)25(39)8-12-40(18,17-39)56-35-32(30(48)28(46)23(16-43)53-35)54-34-31(49)29(47)27(45)22(15-42)52-34/h19-35,41-49H,1,6-17H2,2-5H3/t19-,20-,21-,22-,23-,24-,25+,26+,27-,28-,29+,30+,31-,32-,33+,34+,35-,37-,38-,39-,40-/m1/s1. The van der Waals surface area contributed by atoms with Crippen molar-refractivity contribution < 1.29 is 79.2 Å². The third-order valence-electron chi connectivity index (χ3n) is 15.7. The molecule has 7 fully saturated rings. The highest BCUT2D eigenvalue weighted by Gasteiger charge is 2.69. The Balaban J connectivity index is 1.10. The highest BCUT2D eigenvalue weighted by molar-refractivity contribution is 5.77. The highest BCUT2D eigenvalue weighted by atomic mass is 16.8. The molecule has 0 amide bonds. The predicted octanol–water partition coefficient (Wildman–Crippen LogP) is -0.388. The zero-order valence-electron chi connectivity index (χ0n) is 32.9. The number of carbonyl (C=O) groups is 1. The summed E-state index contributed by atoms with van der Waals surface area (Å²) in [6, 6.07) is 0. The minimum Gasteiger partial charge on any atom is -0.435 e. The number of hydrogen-bond acceptors (Lipinski definition) is 16. The van der Waals surface area contributed by atoms with Crippen LogP contribution in [0.15, 0.2) is 12.2 Å². The molecule has 3 aliphatic heterocycles. The van der Waals surface area contributed by atoms with Gasteiger partial charge in [0.05, 0.1) is 43.0 Å². The van der Waals surface area contributed by atoms with E-state index in [0.29, 0.717) is 25.7 Å². The zero-order chi connectivity index (χ0) is 40.7. The van der Waals surface area contributed by atoms with Crippen LogP contribution >= 0.6 is 0 Å². The molecule has 0 aromatic heterocycles. The molecular weight excluding hydrogens is 736 g/mol. The van der Waals surface area contributed by atoms with Gasteiger partial charge in [0.2, 0.25) is 6.29 Å². The maximum absolute atomic E-state index is 14.3. The Bertz CT molecular complexity index is 1450. The molecule has 16 nitrogen and oxygen atoms in total. The van der Waals surface area contributed by atoms with E-state index in [1.807, 2.05) is 13.8 Å². The number of aliphatic hydroxyl groups excluding tert-OH is 9. The number of hydrogen-bond donors (Lipinski definition) is 9. The molecule has 4 saturated carbocycles. The lowest BCUT2D eigenvalue weighted by molar-refractivity contribution is -0.378. The fourth-order valence-corrected chi connectivity index (χ4v) is 12.5. The Morgan fingerprint density at radius 3 is 1.98 bits per heavy atom. The fourth-order valence-electron chi connectivity index (χ4n) is 12.5. The summed E-state index contributed by atoms with van der Waals surface area (Å²) in [5, 5.41) is 94.1. The van der Waals surface area contributed by atoms with Gasteiger partial charge in [-0.05, 0) is 86.5 Å². The van der Waals surface area contributed by atoms with Gasteiger partial charge in [-0.1, -0.05) is 33.8 Å². The number of esters is 1. The van der Waals surface area contributed by atoms with Crippen molar-refractivity contribution in [2.45, 2.75) is 171 Å². The summed E-state index contributed by atoms with van der Waals surface area (Å²) >= 11 is 0. The summed E-state index contributed by atoms with van der Waals surface area (Å²) in [6.07, 6.45) is -11.5. The van der Waals surface area contributed by atoms with Crippen LogP contribution in [0.5, 0.6) is 0 Å². The Kier molecular flexibility index (Phi) is 11.9. The van der Waals surface area contributed by atoms with Gasteiger partial charge in [0, 0.05) is 11.8 Å². The molecule has 7 aliphatic rings. The molecular formula is C40H64O16. The maximum Gasteiger partial charge on any atom is 0.314 e. The summed E-state index contributed by atoms with van der Waals surface area (Å²) in [5.41, 5.74) is -1.36. The van der Waals surface area contributed by atoms with Gasteiger partial charge in [-0.3, -0.25) is 4.79 Å². The van der Waals surface area contributed by atoms with Gasteiger partial charge in [0.25, 0.3) is 0 Å². The molecule has 9 N–H and O–H groups in total. The van der Waals surface area contributed by atoms with Crippen molar-refractivity contribution in [2.75, 3.05) is 19.8 Å². The van der Waals surface area contributed by atoms with Crippen molar-refractivity contribution in [3.05, 3.63) is 12.2 Å². The van der Waals surface area contributed by atoms with E-state index in [1.165, 1.54) is 0 Å². The third-order valence-corrected chi connectivity index (χ3v) is 15.7. The number of rotatable bonds is 9. The number of fused-ring (bicyclic) bond motifs is 3. The molecule has 3 heterocycles. The minimum atomic E-state index is -1.78. The zero-order valence-corrected chi connectivity index (χ0v) is 32.9. The van der Waals surface area contributed by atoms with E-state index in [0.717, 1.165) is 37.7 Å². The Labute approximate surface area is 327 Å². The van der Waals surface area contributed by atoms with Crippen LogP contribution in [0.1, 0.15) is 85.5 Å². The average Bonchev–Trinajstić information content (AvgIpc) is 3.37.